The fourth-order valence-corrected chi connectivity index (χ4v) is 4.24. The Bertz CT molecular complexity index is 799. The van der Waals surface area contributed by atoms with E-state index in [0.717, 1.165) is 5.56 Å². The molecule has 1 unspecified atom stereocenters. The molecular formula is C14H16ClN5O2S. The Morgan fingerprint density at radius 2 is 2.13 bits per heavy atom. The molecule has 1 saturated heterocycles. The standard InChI is InChI=1S/C14H16ClN5O2S/c15-12-4-2-1-3-10(12)7-16-13-8-17-20-14(19-13)18-11-5-6-23(21,22)9-11/h1-4,8,11H,5-7,9H2,(H2,16,18,19,20). The second-order valence-corrected chi connectivity index (χ2v) is 7.99. The second kappa shape index (κ2) is 6.67. The van der Waals surface area contributed by atoms with Gasteiger partial charge >= 0.3 is 0 Å². The van der Waals surface area contributed by atoms with Gasteiger partial charge < -0.3 is 10.6 Å². The SMILES string of the molecule is O=S1(=O)CCC(Nc2nncc(NCc3ccccc3Cl)n2)C1. The molecule has 1 fully saturated rings. The van der Waals surface area contributed by atoms with E-state index in [1.165, 1.54) is 6.20 Å². The van der Waals surface area contributed by atoms with Crippen LogP contribution in [0.25, 0.3) is 0 Å². The summed E-state index contributed by atoms with van der Waals surface area (Å²) >= 11 is 6.10. The van der Waals surface area contributed by atoms with Crippen molar-refractivity contribution in [2.45, 2.75) is 19.0 Å². The minimum Gasteiger partial charge on any atom is -0.364 e. The molecule has 1 atom stereocenters. The normalized spacial score (nSPS) is 19.4. The lowest BCUT2D eigenvalue weighted by Crippen LogP contribution is -2.22. The van der Waals surface area contributed by atoms with E-state index in [1.807, 2.05) is 24.3 Å². The maximum atomic E-state index is 11.5. The van der Waals surface area contributed by atoms with E-state index in [0.29, 0.717) is 29.8 Å². The molecule has 1 aromatic heterocycles. The van der Waals surface area contributed by atoms with Gasteiger partial charge in [0, 0.05) is 17.6 Å². The Hall–Kier alpha value is -1.93. The zero-order valence-corrected chi connectivity index (χ0v) is 13.8. The molecule has 2 aromatic rings. The molecule has 3 rings (SSSR count). The number of hydrogen-bond acceptors (Lipinski definition) is 7. The number of benzene rings is 1. The summed E-state index contributed by atoms with van der Waals surface area (Å²) < 4.78 is 22.9. The Labute approximate surface area is 139 Å². The van der Waals surface area contributed by atoms with Crippen molar-refractivity contribution < 1.29 is 8.42 Å². The molecule has 0 aliphatic carbocycles. The van der Waals surface area contributed by atoms with Crippen LogP contribution in [0.4, 0.5) is 11.8 Å². The van der Waals surface area contributed by atoms with Gasteiger partial charge in [0.25, 0.3) is 0 Å². The fraction of sp³-hybridized carbons (Fsp3) is 0.357. The van der Waals surface area contributed by atoms with Crippen molar-refractivity contribution in [1.29, 1.82) is 0 Å². The summed E-state index contributed by atoms with van der Waals surface area (Å²) in [6, 6.07) is 7.36. The Morgan fingerprint density at radius 1 is 1.30 bits per heavy atom. The molecule has 7 nitrogen and oxygen atoms in total. The average molecular weight is 354 g/mol. The van der Waals surface area contributed by atoms with Crippen LogP contribution in [-0.4, -0.2) is 41.1 Å². The van der Waals surface area contributed by atoms with Crippen LogP contribution in [0.15, 0.2) is 30.5 Å². The molecule has 0 spiro atoms. The Balaban J connectivity index is 1.62. The van der Waals surface area contributed by atoms with Crippen LogP contribution in [0.1, 0.15) is 12.0 Å². The number of sulfone groups is 1. The summed E-state index contributed by atoms with van der Waals surface area (Å²) in [6.07, 6.45) is 2.07. The minimum absolute atomic E-state index is 0.105. The molecule has 0 bridgehead atoms. The largest absolute Gasteiger partial charge is 0.364 e. The molecule has 0 radical (unpaired) electrons. The van der Waals surface area contributed by atoms with Gasteiger partial charge in [-0.1, -0.05) is 29.8 Å². The molecule has 1 aromatic carbocycles. The lowest BCUT2D eigenvalue weighted by molar-refractivity contribution is 0.602. The van der Waals surface area contributed by atoms with Gasteiger partial charge in [-0.3, -0.25) is 0 Å². The maximum Gasteiger partial charge on any atom is 0.244 e. The van der Waals surface area contributed by atoms with E-state index in [4.69, 9.17) is 11.6 Å². The van der Waals surface area contributed by atoms with Gasteiger partial charge in [-0.05, 0) is 18.1 Å². The number of anilines is 2. The Morgan fingerprint density at radius 3 is 2.87 bits per heavy atom. The van der Waals surface area contributed by atoms with Crippen molar-refractivity contribution in [3.63, 3.8) is 0 Å². The van der Waals surface area contributed by atoms with Gasteiger partial charge in [0.2, 0.25) is 5.95 Å². The third kappa shape index (κ3) is 4.29. The summed E-state index contributed by atoms with van der Waals surface area (Å²) in [7, 11) is -2.95. The lowest BCUT2D eigenvalue weighted by Gasteiger charge is -2.11. The number of rotatable bonds is 5. The number of aromatic nitrogens is 3. The van der Waals surface area contributed by atoms with Crippen LogP contribution in [-0.2, 0) is 16.4 Å². The summed E-state index contributed by atoms with van der Waals surface area (Å²) in [5.41, 5.74) is 0.948. The zero-order chi connectivity index (χ0) is 16.3. The summed E-state index contributed by atoms with van der Waals surface area (Å²) in [5.74, 6) is 1.16. The molecule has 9 heteroatoms. The van der Waals surface area contributed by atoms with E-state index < -0.39 is 9.84 Å². The fourth-order valence-electron chi connectivity index (χ4n) is 2.37. The predicted molar refractivity (Wildman–Crippen MR) is 89.3 cm³/mol. The van der Waals surface area contributed by atoms with E-state index >= 15 is 0 Å². The van der Waals surface area contributed by atoms with E-state index in [1.54, 1.807) is 0 Å². The number of halogens is 1. The molecular weight excluding hydrogens is 338 g/mol. The highest BCUT2D eigenvalue weighted by atomic mass is 35.5. The number of nitrogens with zero attached hydrogens (tertiary/aromatic N) is 3. The monoisotopic (exact) mass is 353 g/mol. The van der Waals surface area contributed by atoms with Crippen LogP contribution in [0.3, 0.4) is 0 Å². The first-order valence-electron chi connectivity index (χ1n) is 7.16. The molecule has 122 valence electrons. The van der Waals surface area contributed by atoms with Crippen LogP contribution < -0.4 is 10.6 Å². The first kappa shape index (κ1) is 15.9. The van der Waals surface area contributed by atoms with Gasteiger partial charge in [-0.25, -0.2) is 8.42 Å². The van der Waals surface area contributed by atoms with E-state index in [-0.39, 0.29) is 17.5 Å². The zero-order valence-electron chi connectivity index (χ0n) is 12.2. The van der Waals surface area contributed by atoms with Crippen molar-refractivity contribution >= 4 is 33.2 Å². The molecule has 1 aliphatic rings. The van der Waals surface area contributed by atoms with Crippen molar-refractivity contribution in [3.05, 3.63) is 41.0 Å². The average Bonchev–Trinajstić information content (AvgIpc) is 2.86. The van der Waals surface area contributed by atoms with Crippen LogP contribution in [0, 0.1) is 0 Å². The predicted octanol–water partition coefficient (Wildman–Crippen LogP) is 1.74. The molecule has 23 heavy (non-hydrogen) atoms. The van der Waals surface area contributed by atoms with Crippen molar-refractivity contribution in [1.82, 2.24) is 15.2 Å². The summed E-state index contributed by atoms with van der Waals surface area (Å²) in [5, 5.41) is 14.6. The summed E-state index contributed by atoms with van der Waals surface area (Å²) in [4.78, 5) is 4.29. The minimum atomic E-state index is -2.95. The lowest BCUT2D eigenvalue weighted by atomic mass is 10.2. The van der Waals surface area contributed by atoms with Gasteiger partial charge in [0.05, 0.1) is 17.7 Å². The Kier molecular flexibility index (Phi) is 4.63. The van der Waals surface area contributed by atoms with Crippen molar-refractivity contribution in [2.24, 2.45) is 0 Å². The third-order valence-electron chi connectivity index (χ3n) is 3.54. The molecule has 2 heterocycles. The van der Waals surface area contributed by atoms with Gasteiger partial charge in [0.15, 0.2) is 15.7 Å². The maximum absolute atomic E-state index is 11.5. The number of nitrogens with one attached hydrogen (secondary N) is 2. The number of hydrogen-bond donors (Lipinski definition) is 2. The van der Waals surface area contributed by atoms with Crippen molar-refractivity contribution in [3.8, 4) is 0 Å². The summed E-state index contributed by atoms with van der Waals surface area (Å²) in [6.45, 7) is 0.510. The quantitative estimate of drug-likeness (QED) is 0.844. The van der Waals surface area contributed by atoms with Gasteiger partial charge in [-0.2, -0.15) is 10.1 Å². The van der Waals surface area contributed by atoms with Crippen molar-refractivity contribution in [2.75, 3.05) is 22.1 Å². The first-order valence-corrected chi connectivity index (χ1v) is 9.36. The van der Waals surface area contributed by atoms with Gasteiger partial charge in [-0.15, -0.1) is 5.10 Å². The highest BCUT2D eigenvalue weighted by Gasteiger charge is 2.28. The molecule has 2 N–H and O–H groups in total. The van der Waals surface area contributed by atoms with Gasteiger partial charge in [0.1, 0.15) is 0 Å². The third-order valence-corrected chi connectivity index (χ3v) is 5.68. The van der Waals surface area contributed by atoms with Crippen LogP contribution in [0.2, 0.25) is 5.02 Å². The molecule has 0 amide bonds. The van der Waals surface area contributed by atoms with E-state index in [9.17, 15) is 8.42 Å². The highest BCUT2D eigenvalue weighted by molar-refractivity contribution is 7.91. The smallest absolute Gasteiger partial charge is 0.244 e. The second-order valence-electron chi connectivity index (χ2n) is 5.35. The molecule has 0 saturated carbocycles. The molecule has 1 aliphatic heterocycles. The van der Waals surface area contributed by atoms with Crippen LogP contribution >= 0.6 is 11.6 Å². The highest BCUT2D eigenvalue weighted by Crippen LogP contribution is 2.17. The van der Waals surface area contributed by atoms with E-state index in [2.05, 4.69) is 25.8 Å². The first-order chi connectivity index (χ1) is 11.0. The topological polar surface area (TPSA) is 96.9 Å². The van der Waals surface area contributed by atoms with Crippen LogP contribution in [0.5, 0.6) is 0 Å².